The average molecular weight is 337 g/mol. The van der Waals surface area contributed by atoms with Crippen molar-refractivity contribution in [3.8, 4) is 5.75 Å². The molecular weight excluding hydrogens is 314 g/mol. The second kappa shape index (κ2) is 8.33. The Bertz CT molecular complexity index is 791. The van der Waals surface area contributed by atoms with Gasteiger partial charge in [0.15, 0.2) is 0 Å². The van der Waals surface area contributed by atoms with Crippen LogP contribution in [0.25, 0.3) is 11.0 Å². The van der Waals surface area contributed by atoms with Crippen LogP contribution >= 0.6 is 0 Å². The number of imidazole rings is 1. The van der Waals surface area contributed by atoms with Crippen LogP contribution in [0.2, 0.25) is 0 Å². The quantitative estimate of drug-likeness (QED) is 0.620. The molecule has 0 aliphatic heterocycles. The average Bonchev–Trinajstić information content (AvgIpc) is 3.03. The first-order chi connectivity index (χ1) is 12.2. The molecule has 3 rings (SSSR count). The smallest absolute Gasteiger partial charge is 0.224 e. The zero-order chi connectivity index (χ0) is 17.5. The standard InChI is InChI=1S/C20H23N3O2/c1-2-25-16-11-9-15(10-12-16)14-20(24)21-13-5-8-19-22-17-6-3-4-7-18(17)23-19/h3-4,6-7,9-12H,2,5,8,13-14H2,1H3,(H,21,24)(H,22,23). The first-order valence-electron chi connectivity index (χ1n) is 8.66. The highest BCUT2D eigenvalue weighted by Gasteiger charge is 2.05. The van der Waals surface area contributed by atoms with Gasteiger partial charge in [-0.3, -0.25) is 4.79 Å². The normalized spacial score (nSPS) is 10.8. The van der Waals surface area contributed by atoms with E-state index in [1.54, 1.807) is 0 Å². The molecule has 130 valence electrons. The number of aryl methyl sites for hydroxylation is 1. The van der Waals surface area contributed by atoms with E-state index in [4.69, 9.17) is 4.74 Å². The Morgan fingerprint density at radius 1 is 1.16 bits per heavy atom. The monoisotopic (exact) mass is 337 g/mol. The van der Waals surface area contributed by atoms with Crippen LogP contribution in [0.3, 0.4) is 0 Å². The number of hydrogen-bond donors (Lipinski definition) is 2. The largest absolute Gasteiger partial charge is 0.494 e. The summed E-state index contributed by atoms with van der Waals surface area (Å²) in [5.74, 6) is 1.83. The minimum Gasteiger partial charge on any atom is -0.494 e. The van der Waals surface area contributed by atoms with Gasteiger partial charge in [-0.15, -0.1) is 0 Å². The van der Waals surface area contributed by atoms with Gasteiger partial charge in [-0.2, -0.15) is 0 Å². The number of ether oxygens (including phenoxy) is 1. The first kappa shape index (κ1) is 17.0. The van der Waals surface area contributed by atoms with Gasteiger partial charge in [-0.05, 0) is 43.2 Å². The van der Waals surface area contributed by atoms with E-state index in [-0.39, 0.29) is 5.91 Å². The summed E-state index contributed by atoms with van der Waals surface area (Å²) in [7, 11) is 0. The molecule has 0 aliphatic carbocycles. The van der Waals surface area contributed by atoms with Crippen molar-refractivity contribution in [3.05, 3.63) is 59.9 Å². The van der Waals surface area contributed by atoms with Gasteiger partial charge in [-0.25, -0.2) is 4.98 Å². The van der Waals surface area contributed by atoms with E-state index in [2.05, 4.69) is 15.3 Å². The molecule has 0 radical (unpaired) electrons. The minimum absolute atomic E-state index is 0.0359. The highest BCUT2D eigenvalue weighted by atomic mass is 16.5. The van der Waals surface area contributed by atoms with Crippen molar-refractivity contribution in [2.75, 3.05) is 13.2 Å². The Morgan fingerprint density at radius 3 is 2.72 bits per heavy atom. The third-order valence-corrected chi connectivity index (χ3v) is 3.95. The van der Waals surface area contributed by atoms with E-state index in [0.717, 1.165) is 41.0 Å². The number of nitrogens with one attached hydrogen (secondary N) is 2. The van der Waals surface area contributed by atoms with Gasteiger partial charge in [0.05, 0.1) is 24.1 Å². The van der Waals surface area contributed by atoms with Crippen molar-refractivity contribution in [2.24, 2.45) is 0 Å². The summed E-state index contributed by atoms with van der Waals surface area (Å²) in [6.45, 7) is 3.24. The molecule has 1 aromatic heterocycles. The van der Waals surface area contributed by atoms with Gasteiger partial charge in [-0.1, -0.05) is 24.3 Å². The van der Waals surface area contributed by atoms with Crippen molar-refractivity contribution in [1.82, 2.24) is 15.3 Å². The van der Waals surface area contributed by atoms with Crippen LogP contribution in [0.4, 0.5) is 0 Å². The van der Waals surface area contributed by atoms with E-state index >= 15 is 0 Å². The number of benzene rings is 2. The molecule has 0 spiro atoms. The fourth-order valence-corrected chi connectivity index (χ4v) is 2.73. The Hall–Kier alpha value is -2.82. The minimum atomic E-state index is 0.0359. The van der Waals surface area contributed by atoms with Crippen molar-refractivity contribution in [3.63, 3.8) is 0 Å². The zero-order valence-corrected chi connectivity index (χ0v) is 14.4. The van der Waals surface area contributed by atoms with Gasteiger partial charge in [0.25, 0.3) is 0 Å². The van der Waals surface area contributed by atoms with E-state index in [9.17, 15) is 4.79 Å². The molecule has 3 aromatic rings. The predicted molar refractivity (Wildman–Crippen MR) is 98.7 cm³/mol. The molecule has 2 aromatic carbocycles. The number of hydrogen-bond acceptors (Lipinski definition) is 3. The van der Waals surface area contributed by atoms with Crippen LogP contribution in [-0.2, 0) is 17.6 Å². The number of H-pyrrole nitrogens is 1. The summed E-state index contributed by atoms with van der Waals surface area (Å²) >= 11 is 0. The summed E-state index contributed by atoms with van der Waals surface area (Å²) in [6, 6.07) is 15.6. The lowest BCUT2D eigenvalue weighted by molar-refractivity contribution is -0.120. The second-order valence-electron chi connectivity index (χ2n) is 5.91. The van der Waals surface area contributed by atoms with Crippen LogP contribution in [0.15, 0.2) is 48.5 Å². The van der Waals surface area contributed by atoms with Crippen LogP contribution in [0.5, 0.6) is 5.75 Å². The van der Waals surface area contributed by atoms with E-state index in [1.165, 1.54) is 0 Å². The Morgan fingerprint density at radius 2 is 1.96 bits per heavy atom. The van der Waals surface area contributed by atoms with Gasteiger partial charge >= 0.3 is 0 Å². The maximum absolute atomic E-state index is 12.0. The first-order valence-corrected chi connectivity index (χ1v) is 8.66. The lowest BCUT2D eigenvalue weighted by Gasteiger charge is -2.06. The highest BCUT2D eigenvalue weighted by molar-refractivity contribution is 5.78. The molecule has 0 fully saturated rings. The van der Waals surface area contributed by atoms with E-state index in [1.807, 2.05) is 55.5 Å². The predicted octanol–water partition coefficient (Wildman–Crippen LogP) is 3.25. The maximum atomic E-state index is 12.0. The molecule has 1 heterocycles. The summed E-state index contributed by atoms with van der Waals surface area (Å²) in [6.07, 6.45) is 2.06. The third kappa shape index (κ3) is 4.83. The fraction of sp³-hybridized carbons (Fsp3) is 0.300. The molecule has 0 bridgehead atoms. The number of rotatable bonds is 8. The van der Waals surface area contributed by atoms with Crippen LogP contribution in [0.1, 0.15) is 24.7 Å². The van der Waals surface area contributed by atoms with Crippen molar-refractivity contribution in [1.29, 1.82) is 0 Å². The van der Waals surface area contributed by atoms with Gasteiger partial charge in [0.1, 0.15) is 11.6 Å². The number of aromatic nitrogens is 2. The molecular formula is C20H23N3O2. The Labute approximate surface area is 147 Å². The number of aromatic amines is 1. The van der Waals surface area contributed by atoms with Gasteiger partial charge in [0.2, 0.25) is 5.91 Å². The van der Waals surface area contributed by atoms with E-state index in [0.29, 0.717) is 19.6 Å². The number of carbonyl (C=O) groups is 1. The number of para-hydroxylation sites is 2. The van der Waals surface area contributed by atoms with E-state index < -0.39 is 0 Å². The molecule has 0 saturated carbocycles. The molecule has 5 nitrogen and oxygen atoms in total. The molecule has 2 N–H and O–H groups in total. The van der Waals surface area contributed by atoms with Crippen LogP contribution < -0.4 is 10.1 Å². The summed E-state index contributed by atoms with van der Waals surface area (Å²) in [4.78, 5) is 19.9. The summed E-state index contributed by atoms with van der Waals surface area (Å²) in [5, 5.41) is 2.96. The number of nitrogens with zero attached hydrogens (tertiary/aromatic N) is 1. The van der Waals surface area contributed by atoms with Crippen LogP contribution in [-0.4, -0.2) is 29.0 Å². The summed E-state index contributed by atoms with van der Waals surface area (Å²) < 4.78 is 5.40. The molecule has 0 atom stereocenters. The molecule has 0 unspecified atom stereocenters. The Balaban J connectivity index is 1.40. The molecule has 0 saturated heterocycles. The van der Waals surface area contributed by atoms with Crippen molar-refractivity contribution in [2.45, 2.75) is 26.2 Å². The number of carbonyl (C=O) groups excluding carboxylic acids is 1. The lowest BCUT2D eigenvalue weighted by Crippen LogP contribution is -2.26. The number of fused-ring (bicyclic) bond motifs is 1. The second-order valence-corrected chi connectivity index (χ2v) is 5.91. The fourth-order valence-electron chi connectivity index (χ4n) is 2.73. The summed E-state index contributed by atoms with van der Waals surface area (Å²) in [5.41, 5.74) is 3.02. The third-order valence-electron chi connectivity index (χ3n) is 3.95. The van der Waals surface area contributed by atoms with Gasteiger partial charge in [0, 0.05) is 13.0 Å². The highest BCUT2D eigenvalue weighted by Crippen LogP contribution is 2.13. The zero-order valence-electron chi connectivity index (χ0n) is 14.4. The SMILES string of the molecule is CCOc1ccc(CC(=O)NCCCc2nc3ccccc3[nH]2)cc1. The van der Waals surface area contributed by atoms with Crippen LogP contribution in [0, 0.1) is 0 Å². The topological polar surface area (TPSA) is 67.0 Å². The lowest BCUT2D eigenvalue weighted by atomic mass is 10.1. The maximum Gasteiger partial charge on any atom is 0.224 e. The Kier molecular flexibility index (Phi) is 5.67. The molecule has 1 amide bonds. The molecule has 0 aliphatic rings. The van der Waals surface area contributed by atoms with Crippen molar-refractivity contribution < 1.29 is 9.53 Å². The molecule has 5 heteroatoms. The van der Waals surface area contributed by atoms with Gasteiger partial charge < -0.3 is 15.0 Å². The van der Waals surface area contributed by atoms with Crippen molar-refractivity contribution >= 4 is 16.9 Å². The number of amides is 1. The molecule has 25 heavy (non-hydrogen) atoms.